The van der Waals surface area contributed by atoms with Gasteiger partial charge in [0.05, 0.1) is 0 Å². The van der Waals surface area contributed by atoms with E-state index in [4.69, 9.17) is 5.32 Å². The predicted octanol–water partition coefficient (Wildman–Crippen LogP) is 11.7. The van der Waals surface area contributed by atoms with Gasteiger partial charge in [0.1, 0.15) is 11.6 Å². The lowest BCUT2D eigenvalue weighted by Crippen LogP contribution is -2.01. The topological polar surface area (TPSA) is 27.0 Å². The van der Waals surface area contributed by atoms with Crippen LogP contribution in [0.3, 0.4) is 0 Å². The van der Waals surface area contributed by atoms with Crippen molar-refractivity contribution in [2.45, 2.75) is 6.04 Å². The molecule has 0 fully saturated rings. The van der Waals surface area contributed by atoms with Gasteiger partial charge in [-0.25, -0.2) is 8.78 Å². The quantitative estimate of drug-likeness (QED) is 0.199. The number of nitrogens with zero attached hydrogens (tertiary/aromatic N) is 2. The largest absolute Gasteiger partial charge is 0.673 e. The van der Waals surface area contributed by atoms with Gasteiger partial charge in [0.15, 0.2) is 0 Å². The third-order valence-electron chi connectivity index (χ3n) is 9.15. The van der Waals surface area contributed by atoms with Crippen molar-refractivity contribution in [3.63, 3.8) is 0 Å². The molecule has 0 amide bonds. The summed E-state index contributed by atoms with van der Waals surface area (Å²) >= 11 is 0. The molecule has 46 heavy (non-hydrogen) atoms. The maximum Gasteiger partial charge on any atom is 0.123 e. The van der Waals surface area contributed by atoms with Crippen molar-refractivity contribution < 1.29 is 8.78 Å². The van der Waals surface area contributed by atoms with Gasteiger partial charge < -0.3 is 5.32 Å². The number of rotatable bonds is 4. The van der Waals surface area contributed by atoms with E-state index >= 15 is 0 Å². The van der Waals surface area contributed by atoms with E-state index in [0.717, 1.165) is 83.0 Å². The molecule has 218 valence electrons. The molecule has 1 aromatic heterocycles. The summed E-state index contributed by atoms with van der Waals surface area (Å²) in [5.41, 5.74) is 11.3. The number of fused-ring (bicyclic) bond motifs is 4. The van der Waals surface area contributed by atoms with Crippen LogP contribution in [0.2, 0.25) is 0 Å². The standard InChI is InChI=1S/C42H25F2N2/c43-27-18-14-25(15-19-27)38-31-7-1-2-8-32(31)39(26-16-20-28(44)21-17-26)42-34-23-22-29(30-9-5-10-33(40(30)34)41(38)42)35-12-6-13-37(46-35)36-11-3-4-24-45-36/h1-24,37H/q-1. The summed E-state index contributed by atoms with van der Waals surface area (Å²) in [6.45, 7) is 0. The molecular formula is C42H25F2N2-. The zero-order valence-corrected chi connectivity index (χ0v) is 24.6. The van der Waals surface area contributed by atoms with E-state index in [1.165, 1.54) is 24.3 Å². The first-order valence-corrected chi connectivity index (χ1v) is 15.3. The third kappa shape index (κ3) is 4.04. The molecule has 1 aliphatic heterocycles. The number of pyridine rings is 1. The van der Waals surface area contributed by atoms with Gasteiger partial charge in [0, 0.05) is 11.9 Å². The Morgan fingerprint density at radius 2 is 1.11 bits per heavy atom. The lowest BCUT2D eigenvalue weighted by atomic mass is 9.82. The Morgan fingerprint density at radius 1 is 0.522 bits per heavy atom. The Balaban J connectivity index is 1.34. The van der Waals surface area contributed by atoms with Gasteiger partial charge in [-0.1, -0.05) is 109 Å². The first kappa shape index (κ1) is 26.5. The van der Waals surface area contributed by atoms with Gasteiger partial charge in [-0.15, -0.1) is 5.70 Å². The van der Waals surface area contributed by atoms with E-state index in [2.05, 4.69) is 65.7 Å². The van der Waals surface area contributed by atoms with Gasteiger partial charge in [0.25, 0.3) is 0 Å². The fourth-order valence-electron chi connectivity index (χ4n) is 7.22. The van der Waals surface area contributed by atoms with Crippen LogP contribution in [-0.2, 0) is 0 Å². The van der Waals surface area contributed by atoms with Gasteiger partial charge in [-0.2, -0.15) is 0 Å². The molecule has 2 aliphatic rings. The van der Waals surface area contributed by atoms with Crippen molar-refractivity contribution in [1.29, 1.82) is 0 Å². The highest BCUT2D eigenvalue weighted by Gasteiger charge is 2.31. The zero-order valence-electron chi connectivity index (χ0n) is 24.6. The molecule has 1 unspecified atom stereocenters. The third-order valence-corrected chi connectivity index (χ3v) is 9.15. The number of aromatic nitrogens is 1. The van der Waals surface area contributed by atoms with Crippen molar-refractivity contribution in [3.05, 3.63) is 174 Å². The maximum atomic E-state index is 14.2. The van der Waals surface area contributed by atoms with Crippen LogP contribution in [0, 0.1) is 11.6 Å². The van der Waals surface area contributed by atoms with Crippen LogP contribution >= 0.6 is 0 Å². The molecule has 1 aliphatic carbocycles. The van der Waals surface area contributed by atoms with E-state index in [0.29, 0.717) is 0 Å². The first-order valence-electron chi connectivity index (χ1n) is 15.3. The zero-order chi connectivity index (χ0) is 30.8. The molecule has 7 aromatic rings. The van der Waals surface area contributed by atoms with Crippen LogP contribution in [0.5, 0.6) is 0 Å². The minimum absolute atomic E-state index is 0.165. The smallest absolute Gasteiger partial charge is 0.123 e. The molecule has 0 spiro atoms. The lowest BCUT2D eigenvalue weighted by molar-refractivity contribution is 0.627. The molecule has 2 heterocycles. The molecule has 0 N–H and O–H groups in total. The van der Waals surface area contributed by atoms with E-state index in [9.17, 15) is 8.78 Å². The lowest BCUT2D eigenvalue weighted by Gasteiger charge is -2.36. The van der Waals surface area contributed by atoms with Crippen LogP contribution in [0.25, 0.3) is 77.1 Å². The summed E-state index contributed by atoms with van der Waals surface area (Å²) in [5, 5.41) is 9.51. The normalized spacial score (nSPS) is 14.7. The minimum atomic E-state index is -0.273. The SMILES string of the molecule is Fc1ccc(-c2c3c(c(-c4ccc(F)cc4)c4ccccc24)-c2ccc(C4=CC=CC(c5ccccn5)[N-]4)c4cccc-3c24)cc1. The highest BCUT2D eigenvalue weighted by Crippen LogP contribution is 2.58. The van der Waals surface area contributed by atoms with Crippen LogP contribution < -0.4 is 0 Å². The Bertz CT molecular complexity index is 2290. The van der Waals surface area contributed by atoms with E-state index in [-0.39, 0.29) is 17.7 Å². The molecule has 9 rings (SSSR count). The Morgan fingerprint density at radius 3 is 1.74 bits per heavy atom. The Labute approximate surface area is 265 Å². The fourth-order valence-corrected chi connectivity index (χ4v) is 7.22. The van der Waals surface area contributed by atoms with Crippen molar-refractivity contribution in [2.75, 3.05) is 0 Å². The van der Waals surface area contributed by atoms with Crippen molar-refractivity contribution in [2.24, 2.45) is 0 Å². The first-order chi connectivity index (χ1) is 22.7. The van der Waals surface area contributed by atoms with E-state index < -0.39 is 0 Å². The highest BCUT2D eigenvalue weighted by molar-refractivity contribution is 6.28. The van der Waals surface area contributed by atoms with Crippen LogP contribution in [-0.4, -0.2) is 4.98 Å². The summed E-state index contributed by atoms with van der Waals surface area (Å²) in [6.07, 6.45) is 7.99. The van der Waals surface area contributed by atoms with E-state index in [1.807, 2.05) is 54.6 Å². The molecule has 0 radical (unpaired) electrons. The van der Waals surface area contributed by atoms with Gasteiger partial charge >= 0.3 is 0 Å². The summed E-state index contributed by atoms with van der Waals surface area (Å²) < 4.78 is 28.4. The van der Waals surface area contributed by atoms with Crippen LogP contribution in [0.15, 0.2) is 146 Å². The number of halogens is 2. The number of allylic oxidation sites excluding steroid dienone is 2. The highest BCUT2D eigenvalue weighted by atomic mass is 19.1. The molecule has 0 saturated heterocycles. The molecule has 2 nitrogen and oxygen atoms in total. The number of benzene rings is 6. The monoisotopic (exact) mass is 595 g/mol. The Kier molecular flexibility index (Phi) is 5.97. The summed E-state index contributed by atoms with van der Waals surface area (Å²) in [5.74, 6) is -0.546. The molecule has 0 saturated carbocycles. The van der Waals surface area contributed by atoms with E-state index in [1.54, 1.807) is 6.20 Å². The van der Waals surface area contributed by atoms with Crippen molar-refractivity contribution in [3.8, 4) is 44.5 Å². The predicted molar refractivity (Wildman–Crippen MR) is 184 cm³/mol. The van der Waals surface area contributed by atoms with Crippen molar-refractivity contribution in [1.82, 2.24) is 4.98 Å². The van der Waals surface area contributed by atoms with Crippen molar-refractivity contribution >= 4 is 27.2 Å². The number of hydrogen-bond acceptors (Lipinski definition) is 1. The van der Waals surface area contributed by atoms with Crippen LogP contribution in [0.1, 0.15) is 17.3 Å². The summed E-state index contributed by atoms with van der Waals surface area (Å²) in [4.78, 5) is 4.55. The minimum Gasteiger partial charge on any atom is -0.673 e. The fraction of sp³-hybridized carbons (Fsp3) is 0.0238. The molecule has 1 atom stereocenters. The van der Waals surface area contributed by atoms with Gasteiger partial charge in [0.2, 0.25) is 0 Å². The summed E-state index contributed by atoms with van der Waals surface area (Å²) in [6, 6.07) is 38.4. The second-order valence-corrected chi connectivity index (χ2v) is 11.7. The molecular weight excluding hydrogens is 570 g/mol. The molecule has 6 aromatic carbocycles. The maximum absolute atomic E-state index is 14.2. The van der Waals surface area contributed by atoms with Gasteiger partial charge in [-0.3, -0.25) is 4.98 Å². The van der Waals surface area contributed by atoms with Gasteiger partial charge in [-0.05, 0) is 108 Å². The average Bonchev–Trinajstić information content (AvgIpc) is 3.44. The molecule has 4 heteroatoms. The summed E-state index contributed by atoms with van der Waals surface area (Å²) in [7, 11) is 0. The Hall–Kier alpha value is -5.87. The second-order valence-electron chi connectivity index (χ2n) is 11.7. The van der Waals surface area contributed by atoms with Crippen LogP contribution in [0.4, 0.5) is 8.78 Å². The second kappa shape index (κ2) is 10.4. The average molecular weight is 596 g/mol. The number of hydrogen-bond donors (Lipinski definition) is 0. The molecule has 0 bridgehead atoms.